The van der Waals surface area contributed by atoms with Crippen LogP contribution in [0.2, 0.25) is 0 Å². The third-order valence-corrected chi connectivity index (χ3v) is 3.66. The minimum Gasteiger partial charge on any atom is -0.436 e. The Morgan fingerprint density at radius 2 is 1.76 bits per heavy atom. The molecule has 0 aliphatic rings. The number of pyridine rings is 1. The van der Waals surface area contributed by atoms with Crippen LogP contribution in [-0.4, -0.2) is 4.98 Å². The van der Waals surface area contributed by atoms with Gasteiger partial charge in [-0.3, -0.25) is 0 Å². The quantitative estimate of drug-likeness (QED) is 0.907. The highest BCUT2D eigenvalue weighted by Gasteiger charge is 2.18. The zero-order valence-corrected chi connectivity index (χ0v) is 12.3. The lowest BCUT2D eigenvalue weighted by molar-refractivity contribution is 0.417. The Morgan fingerprint density at radius 1 is 1.14 bits per heavy atom. The van der Waals surface area contributed by atoms with E-state index in [0.29, 0.717) is 11.8 Å². The zero-order chi connectivity index (χ0) is 15.6. The van der Waals surface area contributed by atoms with Gasteiger partial charge in [-0.25, -0.2) is 8.78 Å². The zero-order valence-electron chi connectivity index (χ0n) is 12.3. The van der Waals surface area contributed by atoms with E-state index in [1.165, 1.54) is 0 Å². The van der Waals surface area contributed by atoms with Crippen molar-refractivity contribution >= 4 is 5.82 Å². The van der Waals surface area contributed by atoms with Crippen molar-refractivity contribution in [2.75, 3.05) is 5.73 Å². The molecular weight excluding hydrogens is 274 g/mol. The lowest BCUT2D eigenvalue weighted by atomic mass is 9.82. The van der Waals surface area contributed by atoms with Gasteiger partial charge in [-0.05, 0) is 29.5 Å². The fourth-order valence-corrected chi connectivity index (χ4v) is 1.82. The topological polar surface area (TPSA) is 48.1 Å². The summed E-state index contributed by atoms with van der Waals surface area (Å²) >= 11 is 0. The molecule has 21 heavy (non-hydrogen) atoms. The number of ether oxygens (including phenoxy) is 1. The minimum absolute atomic E-state index is 0.0579. The lowest BCUT2D eigenvalue weighted by Gasteiger charge is -2.23. The number of hydrogen-bond acceptors (Lipinski definition) is 3. The van der Waals surface area contributed by atoms with Gasteiger partial charge < -0.3 is 10.5 Å². The molecule has 0 aliphatic heterocycles. The number of hydrogen-bond donors (Lipinski definition) is 1. The van der Waals surface area contributed by atoms with Crippen LogP contribution in [0.1, 0.15) is 32.8 Å². The van der Waals surface area contributed by atoms with E-state index in [4.69, 9.17) is 10.5 Å². The van der Waals surface area contributed by atoms with E-state index in [0.717, 1.165) is 12.0 Å². The molecule has 3 nitrogen and oxygen atoms in total. The van der Waals surface area contributed by atoms with Gasteiger partial charge in [-0.15, -0.1) is 0 Å². The van der Waals surface area contributed by atoms with E-state index in [-0.39, 0.29) is 11.3 Å². The van der Waals surface area contributed by atoms with Gasteiger partial charge in [0.05, 0.1) is 0 Å². The molecule has 1 aromatic carbocycles. The summed E-state index contributed by atoms with van der Waals surface area (Å²) in [5, 5.41) is 0. The summed E-state index contributed by atoms with van der Waals surface area (Å²) in [6.45, 7) is 6.40. The molecule has 0 radical (unpaired) electrons. The highest BCUT2D eigenvalue weighted by molar-refractivity contribution is 5.38. The summed E-state index contributed by atoms with van der Waals surface area (Å²) in [5.41, 5.74) is 6.52. The number of halogens is 2. The van der Waals surface area contributed by atoms with Crippen LogP contribution in [0.5, 0.6) is 11.6 Å². The van der Waals surface area contributed by atoms with Crippen molar-refractivity contribution in [3.63, 3.8) is 0 Å². The summed E-state index contributed by atoms with van der Waals surface area (Å²) in [5.74, 6) is -2.10. The fraction of sp³-hybridized carbons (Fsp3) is 0.312. The molecule has 2 rings (SSSR count). The molecule has 112 valence electrons. The summed E-state index contributed by atoms with van der Waals surface area (Å²) in [4.78, 5) is 3.56. The van der Waals surface area contributed by atoms with Crippen molar-refractivity contribution in [1.82, 2.24) is 4.98 Å². The van der Waals surface area contributed by atoms with Crippen LogP contribution in [0.4, 0.5) is 14.6 Å². The summed E-state index contributed by atoms with van der Waals surface area (Å²) in [7, 11) is 0. The first kappa shape index (κ1) is 15.2. The first-order chi connectivity index (χ1) is 9.83. The average Bonchev–Trinajstić information content (AvgIpc) is 2.45. The van der Waals surface area contributed by atoms with Crippen molar-refractivity contribution in [3.05, 3.63) is 47.5 Å². The molecule has 2 aromatic rings. The molecule has 0 spiro atoms. The van der Waals surface area contributed by atoms with Gasteiger partial charge in [0.15, 0.2) is 17.5 Å². The van der Waals surface area contributed by atoms with Gasteiger partial charge >= 0.3 is 0 Å². The van der Waals surface area contributed by atoms with Crippen LogP contribution in [-0.2, 0) is 5.41 Å². The standard InChI is InChI=1S/C16H18F2N2O/c1-4-16(2,3)10-5-7-11(8-6-10)21-15-13(18)9-12(17)14(19)20-15/h5-9H,4H2,1-3H3,(H2,19,20). The molecule has 0 fully saturated rings. The van der Waals surface area contributed by atoms with Crippen LogP contribution >= 0.6 is 0 Å². The Kier molecular flexibility index (Phi) is 4.11. The molecule has 5 heteroatoms. The minimum atomic E-state index is -0.903. The second kappa shape index (κ2) is 5.68. The van der Waals surface area contributed by atoms with Crippen molar-refractivity contribution in [3.8, 4) is 11.6 Å². The lowest BCUT2D eigenvalue weighted by Crippen LogP contribution is -2.14. The first-order valence-corrected chi connectivity index (χ1v) is 6.73. The van der Waals surface area contributed by atoms with Crippen LogP contribution in [0.3, 0.4) is 0 Å². The van der Waals surface area contributed by atoms with E-state index >= 15 is 0 Å². The van der Waals surface area contributed by atoms with Crippen LogP contribution in [0.25, 0.3) is 0 Å². The van der Waals surface area contributed by atoms with Gasteiger partial charge in [0.1, 0.15) is 5.75 Å². The van der Waals surface area contributed by atoms with Gasteiger partial charge in [0.2, 0.25) is 0 Å². The van der Waals surface area contributed by atoms with E-state index in [1.807, 2.05) is 12.1 Å². The van der Waals surface area contributed by atoms with Crippen LogP contribution in [0.15, 0.2) is 30.3 Å². The molecular formula is C16H18F2N2O. The second-order valence-electron chi connectivity index (χ2n) is 5.51. The number of nitrogens with zero attached hydrogens (tertiary/aromatic N) is 1. The maximum absolute atomic E-state index is 13.6. The fourth-order valence-electron chi connectivity index (χ4n) is 1.82. The Labute approximate surface area is 122 Å². The number of nitrogen functional groups attached to an aromatic ring is 1. The van der Waals surface area contributed by atoms with E-state index in [1.54, 1.807) is 12.1 Å². The molecule has 2 N–H and O–H groups in total. The van der Waals surface area contributed by atoms with Gasteiger partial charge in [0.25, 0.3) is 5.88 Å². The van der Waals surface area contributed by atoms with Crippen molar-refractivity contribution in [2.24, 2.45) is 0 Å². The third kappa shape index (κ3) is 3.29. The van der Waals surface area contributed by atoms with E-state index in [2.05, 4.69) is 25.8 Å². The first-order valence-electron chi connectivity index (χ1n) is 6.73. The summed E-state index contributed by atoms with van der Waals surface area (Å²) in [6.07, 6.45) is 0.998. The van der Waals surface area contributed by atoms with Crippen LogP contribution in [0, 0.1) is 11.6 Å². The molecule has 0 amide bonds. The Bertz CT molecular complexity index is 639. The second-order valence-corrected chi connectivity index (χ2v) is 5.51. The summed E-state index contributed by atoms with van der Waals surface area (Å²) < 4.78 is 31.9. The maximum atomic E-state index is 13.6. The van der Waals surface area contributed by atoms with Gasteiger partial charge in [0, 0.05) is 6.07 Å². The largest absolute Gasteiger partial charge is 0.436 e. The predicted octanol–water partition coefficient (Wildman–Crippen LogP) is 4.42. The van der Waals surface area contributed by atoms with E-state index < -0.39 is 17.5 Å². The molecule has 0 unspecified atom stereocenters. The van der Waals surface area contributed by atoms with Gasteiger partial charge in [-0.2, -0.15) is 4.98 Å². The average molecular weight is 292 g/mol. The monoisotopic (exact) mass is 292 g/mol. The number of anilines is 1. The van der Waals surface area contributed by atoms with Crippen molar-refractivity contribution in [2.45, 2.75) is 32.6 Å². The summed E-state index contributed by atoms with van der Waals surface area (Å²) in [6, 6.07) is 7.96. The molecule has 1 heterocycles. The number of benzene rings is 1. The van der Waals surface area contributed by atoms with E-state index in [9.17, 15) is 8.78 Å². The molecule has 0 aliphatic carbocycles. The normalized spacial score (nSPS) is 11.5. The number of aromatic nitrogens is 1. The highest BCUT2D eigenvalue weighted by Crippen LogP contribution is 2.30. The van der Waals surface area contributed by atoms with Crippen molar-refractivity contribution < 1.29 is 13.5 Å². The number of nitrogens with two attached hydrogens (primary N) is 1. The number of rotatable bonds is 4. The van der Waals surface area contributed by atoms with Crippen LogP contribution < -0.4 is 10.5 Å². The molecule has 1 aromatic heterocycles. The maximum Gasteiger partial charge on any atom is 0.258 e. The molecule has 0 saturated heterocycles. The Balaban J connectivity index is 2.23. The predicted molar refractivity (Wildman–Crippen MR) is 78.4 cm³/mol. The Morgan fingerprint density at radius 3 is 2.33 bits per heavy atom. The third-order valence-electron chi connectivity index (χ3n) is 3.66. The smallest absolute Gasteiger partial charge is 0.258 e. The Hall–Kier alpha value is -2.17. The molecule has 0 saturated carbocycles. The van der Waals surface area contributed by atoms with Gasteiger partial charge in [-0.1, -0.05) is 32.9 Å². The van der Waals surface area contributed by atoms with Crippen molar-refractivity contribution in [1.29, 1.82) is 0 Å². The SMILES string of the molecule is CCC(C)(C)c1ccc(Oc2nc(N)c(F)cc2F)cc1. The highest BCUT2D eigenvalue weighted by atomic mass is 19.1. The molecule has 0 atom stereocenters. The molecule has 0 bridgehead atoms.